The van der Waals surface area contributed by atoms with Crippen molar-refractivity contribution in [3.05, 3.63) is 71.3 Å². The summed E-state index contributed by atoms with van der Waals surface area (Å²) >= 11 is 0. The van der Waals surface area contributed by atoms with E-state index in [1.54, 1.807) is 0 Å². The number of cyclic esters (lactones) is 4. The molecule has 4 aromatic carbocycles. The predicted octanol–water partition coefficient (Wildman–Crippen LogP) is 4.01. The Morgan fingerprint density at radius 3 is 2.00 bits per heavy atom. The van der Waals surface area contributed by atoms with Crippen LogP contribution >= 0.6 is 0 Å². The van der Waals surface area contributed by atoms with Gasteiger partial charge in [0.05, 0.1) is 23.5 Å². The largest absolute Gasteiger partial charge is 0.393 e. The van der Waals surface area contributed by atoms with Crippen LogP contribution in [0.4, 0.5) is 0 Å². The van der Waals surface area contributed by atoms with Crippen molar-refractivity contribution in [2.24, 2.45) is 0 Å². The standard InChI is InChI=1S/C24H12O6/c25-20-10-18(22(26)29-20)16-9-19-21(24(28)30-23(19)27)17-8-14-6-12-4-2-1-3-11(12)5-13(14)7-15(16)17/h1-9,18H,10H2. The van der Waals surface area contributed by atoms with Crippen molar-refractivity contribution in [3.8, 4) is 0 Å². The summed E-state index contributed by atoms with van der Waals surface area (Å²) in [7, 11) is 0. The Labute approximate surface area is 169 Å². The number of ether oxygens (including phenoxy) is 2. The quantitative estimate of drug-likeness (QED) is 0.274. The third-order valence-corrected chi connectivity index (χ3v) is 5.85. The van der Waals surface area contributed by atoms with Gasteiger partial charge in [-0.05, 0) is 68.2 Å². The van der Waals surface area contributed by atoms with Crippen molar-refractivity contribution in [1.29, 1.82) is 0 Å². The summed E-state index contributed by atoms with van der Waals surface area (Å²) in [6, 6.07) is 17.2. The van der Waals surface area contributed by atoms with Crippen LogP contribution in [0.2, 0.25) is 0 Å². The van der Waals surface area contributed by atoms with Crippen LogP contribution in [0.1, 0.15) is 38.6 Å². The van der Waals surface area contributed by atoms with Crippen molar-refractivity contribution in [2.45, 2.75) is 12.3 Å². The Morgan fingerprint density at radius 2 is 1.37 bits per heavy atom. The van der Waals surface area contributed by atoms with Gasteiger partial charge in [0.2, 0.25) is 0 Å². The molecule has 0 bridgehead atoms. The van der Waals surface area contributed by atoms with Crippen LogP contribution in [0, 0.1) is 0 Å². The van der Waals surface area contributed by atoms with Gasteiger partial charge < -0.3 is 9.47 Å². The fraction of sp³-hybridized carbons (Fsp3) is 0.0833. The highest BCUT2D eigenvalue weighted by molar-refractivity contribution is 6.23. The molecule has 144 valence electrons. The van der Waals surface area contributed by atoms with Crippen LogP contribution in [0.15, 0.2) is 54.6 Å². The van der Waals surface area contributed by atoms with E-state index in [1.165, 1.54) is 6.07 Å². The Bertz CT molecular complexity index is 1500. The molecular formula is C24H12O6. The van der Waals surface area contributed by atoms with Crippen LogP contribution < -0.4 is 0 Å². The van der Waals surface area contributed by atoms with Gasteiger partial charge in [0.1, 0.15) is 0 Å². The summed E-state index contributed by atoms with van der Waals surface area (Å²) in [6.07, 6.45) is -0.106. The van der Waals surface area contributed by atoms with Crippen molar-refractivity contribution in [1.82, 2.24) is 0 Å². The van der Waals surface area contributed by atoms with E-state index in [0.29, 0.717) is 16.3 Å². The monoisotopic (exact) mass is 396 g/mol. The lowest BCUT2D eigenvalue weighted by atomic mass is 9.86. The highest BCUT2D eigenvalue weighted by Crippen LogP contribution is 2.40. The van der Waals surface area contributed by atoms with Crippen molar-refractivity contribution < 1.29 is 28.7 Å². The SMILES string of the molecule is O=C1CC(c2cc3c(c4cc5cc6ccccc6cc5cc24)C(=O)OC3=O)C(=O)O1. The van der Waals surface area contributed by atoms with Gasteiger partial charge in [-0.25, -0.2) is 9.59 Å². The molecule has 2 heterocycles. The molecule has 30 heavy (non-hydrogen) atoms. The molecule has 6 nitrogen and oxygen atoms in total. The second-order valence-corrected chi connectivity index (χ2v) is 7.56. The Morgan fingerprint density at radius 1 is 0.700 bits per heavy atom. The molecule has 4 aromatic rings. The predicted molar refractivity (Wildman–Crippen MR) is 107 cm³/mol. The average molecular weight is 396 g/mol. The lowest BCUT2D eigenvalue weighted by molar-refractivity contribution is -0.152. The zero-order chi connectivity index (χ0) is 20.6. The van der Waals surface area contributed by atoms with Crippen LogP contribution in [0.5, 0.6) is 0 Å². The van der Waals surface area contributed by atoms with Gasteiger partial charge in [0.15, 0.2) is 0 Å². The highest BCUT2D eigenvalue weighted by atomic mass is 16.6. The first-order valence-electron chi connectivity index (χ1n) is 9.44. The van der Waals surface area contributed by atoms with Gasteiger partial charge in [-0.1, -0.05) is 24.3 Å². The Balaban J connectivity index is 1.75. The number of benzene rings is 4. The zero-order valence-electron chi connectivity index (χ0n) is 15.4. The normalized spacial score (nSPS) is 18.3. The number of carbonyl (C=O) groups is 4. The molecule has 1 saturated heterocycles. The van der Waals surface area contributed by atoms with E-state index >= 15 is 0 Å². The molecule has 0 spiro atoms. The number of hydrogen-bond acceptors (Lipinski definition) is 6. The molecule has 1 fully saturated rings. The third kappa shape index (κ3) is 2.24. The molecule has 1 atom stereocenters. The van der Waals surface area contributed by atoms with E-state index in [1.807, 2.05) is 48.5 Å². The van der Waals surface area contributed by atoms with Crippen molar-refractivity contribution in [3.63, 3.8) is 0 Å². The molecule has 0 aromatic heterocycles. The topological polar surface area (TPSA) is 86.7 Å². The number of rotatable bonds is 1. The fourth-order valence-corrected chi connectivity index (χ4v) is 4.46. The van der Waals surface area contributed by atoms with Crippen LogP contribution in [-0.2, 0) is 19.1 Å². The van der Waals surface area contributed by atoms with Gasteiger partial charge in [0.25, 0.3) is 0 Å². The van der Waals surface area contributed by atoms with E-state index in [4.69, 9.17) is 9.47 Å². The molecule has 0 amide bonds. The summed E-state index contributed by atoms with van der Waals surface area (Å²) in [5.41, 5.74) is 0.780. The summed E-state index contributed by atoms with van der Waals surface area (Å²) in [4.78, 5) is 48.6. The number of carbonyl (C=O) groups excluding carboxylic acids is 4. The maximum atomic E-state index is 12.4. The molecule has 1 unspecified atom stereocenters. The van der Waals surface area contributed by atoms with E-state index in [2.05, 4.69) is 0 Å². The van der Waals surface area contributed by atoms with Crippen molar-refractivity contribution >= 4 is 56.2 Å². The van der Waals surface area contributed by atoms with E-state index < -0.39 is 29.8 Å². The highest BCUT2D eigenvalue weighted by Gasteiger charge is 2.39. The van der Waals surface area contributed by atoms with Gasteiger partial charge in [-0.2, -0.15) is 0 Å². The van der Waals surface area contributed by atoms with E-state index in [0.717, 1.165) is 21.5 Å². The lowest BCUT2D eigenvalue weighted by Crippen LogP contribution is -2.08. The average Bonchev–Trinajstić information content (AvgIpc) is 3.21. The smallest absolute Gasteiger partial charge is 0.347 e. The molecule has 0 aliphatic carbocycles. The van der Waals surface area contributed by atoms with Crippen LogP contribution in [0.3, 0.4) is 0 Å². The lowest BCUT2D eigenvalue weighted by Gasteiger charge is -2.14. The first-order chi connectivity index (χ1) is 14.5. The fourth-order valence-electron chi connectivity index (χ4n) is 4.46. The number of hydrogen-bond donors (Lipinski definition) is 0. The molecule has 6 rings (SSSR count). The van der Waals surface area contributed by atoms with Gasteiger partial charge >= 0.3 is 23.9 Å². The minimum Gasteiger partial charge on any atom is -0.393 e. The molecule has 0 radical (unpaired) electrons. The molecule has 2 aliphatic heterocycles. The first kappa shape index (κ1) is 16.9. The van der Waals surface area contributed by atoms with E-state index in [9.17, 15) is 19.2 Å². The molecule has 0 N–H and O–H groups in total. The minimum absolute atomic E-state index is 0.106. The second kappa shape index (κ2) is 5.73. The van der Waals surface area contributed by atoms with Crippen LogP contribution in [0.25, 0.3) is 32.3 Å². The molecule has 0 saturated carbocycles. The summed E-state index contributed by atoms with van der Waals surface area (Å²) < 4.78 is 9.56. The summed E-state index contributed by atoms with van der Waals surface area (Å²) in [5.74, 6) is -3.56. The van der Waals surface area contributed by atoms with Gasteiger partial charge in [0, 0.05) is 0 Å². The van der Waals surface area contributed by atoms with Crippen LogP contribution in [-0.4, -0.2) is 23.9 Å². The van der Waals surface area contributed by atoms with Gasteiger partial charge in [-0.15, -0.1) is 0 Å². The Kier molecular flexibility index (Phi) is 3.22. The number of esters is 4. The third-order valence-electron chi connectivity index (χ3n) is 5.85. The van der Waals surface area contributed by atoms with Crippen molar-refractivity contribution in [2.75, 3.05) is 0 Å². The van der Waals surface area contributed by atoms with Gasteiger partial charge in [-0.3, -0.25) is 9.59 Å². The second-order valence-electron chi connectivity index (χ2n) is 7.56. The number of fused-ring (bicyclic) bond motifs is 5. The minimum atomic E-state index is -0.827. The maximum absolute atomic E-state index is 12.4. The molecule has 6 heteroatoms. The molecule has 2 aliphatic rings. The molecular weight excluding hydrogens is 384 g/mol. The van der Waals surface area contributed by atoms with E-state index in [-0.39, 0.29) is 17.5 Å². The summed E-state index contributed by atoms with van der Waals surface area (Å²) in [5, 5.41) is 5.04. The zero-order valence-corrected chi connectivity index (χ0v) is 15.4. The Hall–Kier alpha value is -4.06. The maximum Gasteiger partial charge on any atom is 0.347 e. The summed E-state index contributed by atoms with van der Waals surface area (Å²) in [6.45, 7) is 0. The first-order valence-corrected chi connectivity index (χ1v) is 9.44.